The molecule has 2 atom stereocenters. The fourth-order valence-corrected chi connectivity index (χ4v) is 2.32. The number of alkyl halides is 3. The third kappa shape index (κ3) is 4.61. The molecule has 0 radical (unpaired) electrons. The summed E-state index contributed by atoms with van der Waals surface area (Å²) < 4.78 is 47.8. The highest BCUT2D eigenvalue weighted by atomic mass is 32.2. The van der Waals surface area contributed by atoms with Crippen LogP contribution in [0.15, 0.2) is 0 Å². The lowest BCUT2D eigenvalue weighted by molar-refractivity contribution is -0.130. The Morgan fingerprint density at radius 2 is 2.00 bits per heavy atom. The minimum atomic E-state index is -4.39. The summed E-state index contributed by atoms with van der Waals surface area (Å²) in [5.41, 5.74) is 5.03. The molecule has 0 fully saturated rings. The number of hydrogen-bond donors (Lipinski definition) is 1. The molecule has 0 saturated carbocycles. The molecule has 0 heterocycles. The molecule has 0 rings (SSSR count). The largest absolute Gasteiger partial charge is 0.403 e. The van der Waals surface area contributed by atoms with E-state index in [1.54, 1.807) is 6.92 Å². The normalized spacial score (nSPS) is 17.0. The summed E-state index contributed by atoms with van der Waals surface area (Å²) in [7, 11) is -1.83. The van der Waals surface area contributed by atoms with Crippen molar-refractivity contribution in [3.63, 3.8) is 0 Å². The molecule has 2 N–H and O–H groups in total. The first-order valence-electron chi connectivity index (χ1n) is 4.07. The molecule has 0 aromatic rings. The van der Waals surface area contributed by atoms with Crippen LogP contribution in [0.1, 0.15) is 19.8 Å². The van der Waals surface area contributed by atoms with Gasteiger partial charge in [0.05, 0.1) is 0 Å². The molecule has 0 bridgehead atoms. The highest BCUT2D eigenvalue weighted by molar-refractivity contribution is 7.85. The van der Waals surface area contributed by atoms with Gasteiger partial charge in [0.2, 0.25) is 0 Å². The van der Waals surface area contributed by atoms with E-state index in [0.717, 1.165) is 0 Å². The van der Waals surface area contributed by atoms with Gasteiger partial charge in [-0.05, 0) is 19.4 Å². The first kappa shape index (κ1) is 12.9. The third-order valence-corrected chi connectivity index (χ3v) is 3.46. The second-order valence-electron chi connectivity index (χ2n) is 2.69. The Balaban J connectivity index is 4.33. The van der Waals surface area contributed by atoms with E-state index in [9.17, 15) is 17.4 Å². The van der Waals surface area contributed by atoms with Gasteiger partial charge in [0.25, 0.3) is 0 Å². The summed E-state index contributed by atoms with van der Waals surface area (Å²) in [6.07, 6.45) is -4.15. The Labute approximate surface area is 78.1 Å². The van der Waals surface area contributed by atoms with Crippen LogP contribution in [0.4, 0.5) is 13.2 Å². The Morgan fingerprint density at radius 1 is 1.46 bits per heavy atom. The second kappa shape index (κ2) is 5.59. The minimum Gasteiger partial charge on any atom is -0.330 e. The van der Waals surface area contributed by atoms with Crippen LogP contribution < -0.4 is 5.73 Å². The average molecular weight is 217 g/mol. The summed E-state index contributed by atoms with van der Waals surface area (Å²) in [6, 6.07) is 0. The number of hydrogen-bond acceptors (Lipinski definition) is 2. The summed E-state index contributed by atoms with van der Waals surface area (Å²) in [5, 5.41) is -1.75. The fourth-order valence-electron chi connectivity index (χ4n) is 0.939. The quantitative estimate of drug-likeness (QED) is 0.757. The van der Waals surface area contributed by atoms with Crippen molar-refractivity contribution in [3.05, 3.63) is 0 Å². The minimum absolute atomic E-state index is 0.0837. The highest BCUT2D eigenvalue weighted by Crippen LogP contribution is 2.26. The molecule has 0 aromatic heterocycles. The molecule has 0 aliphatic heterocycles. The van der Waals surface area contributed by atoms with Gasteiger partial charge in [-0.25, -0.2) is 0 Å². The molecule has 80 valence electrons. The summed E-state index contributed by atoms with van der Waals surface area (Å²) in [6.45, 7) is 1.62. The summed E-state index contributed by atoms with van der Waals surface area (Å²) in [5.74, 6) is 0.0875. The number of nitrogens with two attached hydrogens (primary N) is 1. The van der Waals surface area contributed by atoms with Crippen LogP contribution in [0.5, 0.6) is 0 Å². The average Bonchev–Trinajstić information content (AvgIpc) is 1.98. The Bertz CT molecular complexity index is 172. The second-order valence-corrected chi connectivity index (χ2v) is 4.43. The van der Waals surface area contributed by atoms with E-state index in [1.165, 1.54) is 0 Å². The van der Waals surface area contributed by atoms with Crippen molar-refractivity contribution in [2.75, 3.05) is 12.3 Å². The van der Waals surface area contributed by atoms with E-state index in [2.05, 4.69) is 0 Å². The van der Waals surface area contributed by atoms with E-state index in [0.29, 0.717) is 6.42 Å². The molecular formula is C7H14F3NOS. The topological polar surface area (TPSA) is 43.1 Å². The molecule has 2 unspecified atom stereocenters. The summed E-state index contributed by atoms with van der Waals surface area (Å²) in [4.78, 5) is 0. The van der Waals surface area contributed by atoms with Crippen molar-refractivity contribution in [1.29, 1.82) is 0 Å². The maximum Gasteiger partial charge on any atom is 0.403 e. The maximum atomic E-state index is 12.2. The van der Waals surface area contributed by atoms with Gasteiger partial charge in [-0.3, -0.25) is 4.21 Å². The lowest BCUT2D eigenvalue weighted by Gasteiger charge is -2.18. The molecule has 0 aromatic carbocycles. The maximum absolute atomic E-state index is 12.2. The van der Waals surface area contributed by atoms with Crippen molar-refractivity contribution in [1.82, 2.24) is 0 Å². The van der Waals surface area contributed by atoms with Crippen molar-refractivity contribution in [3.8, 4) is 0 Å². The van der Waals surface area contributed by atoms with Gasteiger partial charge in [0.15, 0.2) is 0 Å². The first-order valence-corrected chi connectivity index (χ1v) is 5.45. The zero-order valence-corrected chi connectivity index (χ0v) is 8.25. The van der Waals surface area contributed by atoms with Gasteiger partial charge in [0, 0.05) is 16.6 Å². The van der Waals surface area contributed by atoms with Gasteiger partial charge in [-0.1, -0.05) is 6.92 Å². The zero-order chi connectivity index (χ0) is 10.5. The van der Waals surface area contributed by atoms with Crippen molar-refractivity contribution >= 4 is 10.8 Å². The van der Waals surface area contributed by atoms with Gasteiger partial charge < -0.3 is 5.73 Å². The van der Waals surface area contributed by atoms with Gasteiger partial charge in [0.1, 0.15) is 5.25 Å². The van der Waals surface area contributed by atoms with Crippen molar-refractivity contribution in [2.45, 2.75) is 31.2 Å². The number of halogens is 3. The van der Waals surface area contributed by atoms with Crippen molar-refractivity contribution < 1.29 is 17.4 Å². The zero-order valence-electron chi connectivity index (χ0n) is 7.43. The van der Waals surface area contributed by atoms with E-state index in [1.807, 2.05) is 0 Å². The smallest absolute Gasteiger partial charge is 0.330 e. The SMILES string of the molecule is CCCS(=O)C(CCN)C(F)(F)F. The predicted molar refractivity (Wildman–Crippen MR) is 46.8 cm³/mol. The Hall–Kier alpha value is -0.100. The Kier molecular flexibility index (Phi) is 5.55. The lowest BCUT2D eigenvalue weighted by atomic mass is 10.3. The molecular weight excluding hydrogens is 203 g/mol. The highest BCUT2D eigenvalue weighted by Gasteiger charge is 2.42. The monoisotopic (exact) mass is 217 g/mol. The van der Waals surface area contributed by atoms with Crippen LogP contribution in [0.25, 0.3) is 0 Å². The molecule has 0 aliphatic carbocycles. The molecule has 2 nitrogen and oxygen atoms in total. The van der Waals surface area contributed by atoms with Gasteiger partial charge in [-0.2, -0.15) is 13.2 Å². The Morgan fingerprint density at radius 3 is 2.31 bits per heavy atom. The first-order chi connectivity index (χ1) is 5.93. The van der Waals surface area contributed by atoms with Crippen LogP contribution in [-0.2, 0) is 10.8 Å². The molecule has 0 amide bonds. The van der Waals surface area contributed by atoms with Crippen molar-refractivity contribution in [2.24, 2.45) is 5.73 Å². The van der Waals surface area contributed by atoms with Crippen LogP contribution in [0, 0.1) is 0 Å². The van der Waals surface area contributed by atoms with E-state index >= 15 is 0 Å². The summed E-state index contributed by atoms with van der Waals surface area (Å²) >= 11 is 0. The van der Waals surface area contributed by atoms with Gasteiger partial charge in [-0.15, -0.1) is 0 Å². The van der Waals surface area contributed by atoms with Crippen LogP contribution in [0.3, 0.4) is 0 Å². The molecule has 6 heteroatoms. The van der Waals surface area contributed by atoms with Crippen LogP contribution in [-0.4, -0.2) is 27.9 Å². The standard InChI is InChI=1S/C7H14F3NOS/c1-2-5-13(12)6(3-4-11)7(8,9)10/h6H,2-5,11H2,1H3. The lowest BCUT2D eigenvalue weighted by Crippen LogP contribution is -2.36. The third-order valence-electron chi connectivity index (χ3n) is 1.52. The predicted octanol–water partition coefficient (Wildman–Crippen LogP) is 1.42. The fraction of sp³-hybridized carbons (Fsp3) is 1.00. The van der Waals surface area contributed by atoms with Crippen LogP contribution >= 0.6 is 0 Å². The molecule has 0 saturated heterocycles. The van der Waals surface area contributed by atoms with Crippen LogP contribution in [0.2, 0.25) is 0 Å². The van der Waals surface area contributed by atoms with E-state index in [4.69, 9.17) is 5.73 Å². The molecule has 0 spiro atoms. The van der Waals surface area contributed by atoms with E-state index < -0.39 is 22.2 Å². The van der Waals surface area contributed by atoms with E-state index in [-0.39, 0.29) is 18.7 Å². The van der Waals surface area contributed by atoms with Gasteiger partial charge >= 0.3 is 6.18 Å². The molecule has 13 heavy (non-hydrogen) atoms. The number of rotatable bonds is 5. The molecule has 0 aliphatic rings.